The molecule has 4 aromatic carbocycles. The van der Waals surface area contributed by atoms with Crippen molar-refractivity contribution >= 4 is 33.7 Å². The van der Waals surface area contributed by atoms with Crippen molar-refractivity contribution in [3.8, 4) is 0 Å². The van der Waals surface area contributed by atoms with E-state index in [0.717, 1.165) is 5.92 Å². The van der Waals surface area contributed by atoms with E-state index in [0.29, 0.717) is 0 Å². The molecule has 0 nitrogen and oxygen atoms in total. The van der Waals surface area contributed by atoms with Gasteiger partial charge >= 0.3 is 248 Å². The van der Waals surface area contributed by atoms with Gasteiger partial charge in [-0.25, -0.2) is 0 Å². The van der Waals surface area contributed by atoms with Crippen LogP contribution in [0.5, 0.6) is 0 Å². The van der Waals surface area contributed by atoms with Crippen molar-refractivity contribution in [1.82, 2.24) is 0 Å². The topological polar surface area (TPSA) is 0 Å². The van der Waals surface area contributed by atoms with Crippen molar-refractivity contribution in [2.24, 2.45) is 11.3 Å². The Bertz CT molecular complexity index is 1780. The fraction of sp³-hybridized carbons (Fsp3) is 0.385. The molecule has 0 amide bonds. The molecule has 1 heteroatoms. The Morgan fingerprint density at radius 3 is 1.57 bits per heavy atom. The first kappa shape index (κ1) is 24.4. The average Bonchev–Trinajstić information content (AvgIpc) is 3.67. The zero-order chi connectivity index (χ0) is 27.3. The fourth-order valence-corrected chi connectivity index (χ4v) is 32.1. The Morgan fingerprint density at radius 2 is 1.12 bits per heavy atom. The monoisotopic (exact) mass is 687 g/mol. The van der Waals surface area contributed by atoms with Crippen LogP contribution in [0.15, 0.2) is 59.7 Å². The van der Waals surface area contributed by atoms with Crippen LogP contribution in [0.3, 0.4) is 0 Å². The summed E-state index contributed by atoms with van der Waals surface area (Å²) in [5.74, 6) is 0.741. The maximum absolute atomic E-state index is 2.74. The van der Waals surface area contributed by atoms with Crippen molar-refractivity contribution in [3.63, 3.8) is 0 Å². The van der Waals surface area contributed by atoms with Crippen molar-refractivity contribution in [2.45, 2.75) is 77.7 Å². The predicted molar refractivity (Wildman–Crippen MR) is 167 cm³/mol. The second-order valence-electron chi connectivity index (χ2n) is 14.5. The van der Waals surface area contributed by atoms with Crippen molar-refractivity contribution < 1.29 is 21.4 Å². The van der Waals surface area contributed by atoms with Gasteiger partial charge in [-0.2, -0.15) is 0 Å². The summed E-state index contributed by atoms with van der Waals surface area (Å²) < 4.78 is 2.01. The maximum atomic E-state index is 2.74. The number of hydrogen-bond donors (Lipinski definition) is 0. The van der Waals surface area contributed by atoms with Crippen LogP contribution in [0.2, 0.25) is 4.18 Å². The quantitative estimate of drug-likeness (QED) is 0.184. The summed E-state index contributed by atoms with van der Waals surface area (Å²) in [4.78, 5) is 0. The van der Waals surface area contributed by atoms with E-state index in [4.69, 9.17) is 0 Å². The van der Waals surface area contributed by atoms with Crippen LogP contribution in [0.25, 0.3) is 33.7 Å². The Kier molecular flexibility index (Phi) is 4.61. The molecule has 0 N–H and O–H groups in total. The molecule has 40 heavy (non-hydrogen) atoms. The average molecular weight is 686 g/mol. The third kappa shape index (κ3) is 2.41. The molecule has 0 bridgehead atoms. The summed E-state index contributed by atoms with van der Waals surface area (Å²) in [6.07, 6.45) is 10.2. The second-order valence-corrected chi connectivity index (χ2v) is 24.8. The van der Waals surface area contributed by atoms with E-state index in [2.05, 4.69) is 102 Å². The van der Waals surface area contributed by atoms with E-state index in [1.165, 1.54) is 40.6 Å². The third-order valence-electron chi connectivity index (χ3n) is 12.2. The zero-order valence-corrected chi connectivity index (χ0v) is 28.5. The molecule has 2 atom stereocenters. The van der Waals surface area contributed by atoms with Crippen molar-refractivity contribution in [1.29, 1.82) is 0 Å². The third-order valence-corrected chi connectivity index (χ3v) is 32.3. The molecule has 4 aliphatic carbocycles. The molecule has 199 valence electrons. The van der Waals surface area contributed by atoms with Gasteiger partial charge in [0.15, 0.2) is 0 Å². The van der Waals surface area contributed by atoms with Gasteiger partial charge < -0.3 is 0 Å². The number of benzene rings is 4. The molecule has 1 heterocycles. The molecule has 4 aromatic rings. The molecule has 5 aliphatic rings. The zero-order valence-electron chi connectivity index (χ0n) is 24.9. The van der Waals surface area contributed by atoms with Crippen molar-refractivity contribution in [3.05, 3.63) is 104 Å². The van der Waals surface area contributed by atoms with Crippen LogP contribution >= 0.6 is 0 Å². The molecule has 0 radical (unpaired) electrons. The molecule has 0 aromatic heterocycles. The fourth-order valence-electron chi connectivity index (χ4n) is 11.1. The standard InChI is InChI=1S/C35H30.C4H9.Hf/c1-19-15-27-25-9-5-7-21-11-13-23(31(21)25)17-29(27)33(19)35(3,4)34-20(2)16-28-26-10-6-8-22-12-14-24(32(22)26)18-30(28)34;1-4(2)3;/h5-10,15-18H,11-14H2,1-4H3;4H,1H2,2-3H3;. The van der Waals surface area contributed by atoms with Gasteiger partial charge in [0.1, 0.15) is 0 Å². The van der Waals surface area contributed by atoms with Crippen LogP contribution in [0, 0.1) is 11.3 Å². The molecule has 1 fully saturated rings. The van der Waals surface area contributed by atoms with E-state index in [1.54, 1.807) is 66.4 Å². The molecule has 9 rings (SSSR count). The minimum absolute atomic E-state index is 0.155. The summed E-state index contributed by atoms with van der Waals surface area (Å²) in [7, 11) is 0. The van der Waals surface area contributed by atoms with E-state index in [-0.39, 0.29) is 11.8 Å². The summed E-state index contributed by atoms with van der Waals surface area (Å²) in [5.41, 5.74) is 16.6. The van der Waals surface area contributed by atoms with Crippen LogP contribution in [0.4, 0.5) is 0 Å². The van der Waals surface area contributed by atoms with Crippen LogP contribution in [-0.2, 0) is 53.5 Å². The van der Waals surface area contributed by atoms with Gasteiger partial charge in [0.2, 0.25) is 0 Å². The van der Waals surface area contributed by atoms with Gasteiger partial charge in [0.25, 0.3) is 0 Å². The van der Waals surface area contributed by atoms with Crippen LogP contribution in [-0.4, -0.2) is 0 Å². The Hall–Kier alpha value is -2.25. The van der Waals surface area contributed by atoms with Gasteiger partial charge in [-0.3, -0.25) is 0 Å². The van der Waals surface area contributed by atoms with Gasteiger partial charge in [-0.05, 0) is 0 Å². The Labute approximate surface area is 247 Å². The number of aryl methyl sites for hydroxylation is 4. The predicted octanol–water partition coefficient (Wildman–Crippen LogP) is 9.85. The number of rotatable bonds is 2. The molecule has 1 aliphatic heterocycles. The summed E-state index contributed by atoms with van der Waals surface area (Å²) in [5, 5.41) is 6.24. The number of allylic oxidation sites excluding steroid dienone is 2. The molecule has 1 saturated heterocycles. The first-order chi connectivity index (χ1) is 19.2. The normalized spacial score (nSPS) is 26.3. The molecular formula is C39H39Hf. The Morgan fingerprint density at radius 1 is 0.675 bits per heavy atom. The van der Waals surface area contributed by atoms with E-state index in [1.807, 2.05) is 0 Å². The van der Waals surface area contributed by atoms with E-state index >= 15 is 0 Å². The van der Waals surface area contributed by atoms with Crippen molar-refractivity contribution in [2.75, 3.05) is 0 Å². The molecular weight excluding hydrogens is 647 g/mol. The first-order valence-electron chi connectivity index (χ1n) is 15.6. The molecule has 0 saturated carbocycles. The second kappa shape index (κ2) is 7.57. The SMILES string of the molecule is CC1=Cc2c(cc3c4c(cccc24)CC3)[C]12[Hf]([CH2]C(C)C)[C]1(C(C)=Cc3c1cc1c4c(cccc34)CC1)C2(C)C. The summed E-state index contributed by atoms with van der Waals surface area (Å²) >= 11 is -2.56. The van der Waals surface area contributed by atoms with Crippen LogP contribution < -0.4 is 0 Å². The molecule has 2 spiro atoms. The summed E-state index contributed by atoms with van der Waals surface area (Å²) in [6.45, 7) is 15.5. The van der Waals surface area contributed by atoms with Gasteiger partial charge in [0, 0.05) is 0 Å². The van der Waals surface area contributed by atoms with Gasteiger partial charge in [0.05, 0.1) is 0 Å². The number of hydrogen-bond acceptors (Lipinski definition) is 0. The summed E-state index contributed by atoms with van der Waals surface area (Å²) in [6, 6.07) is 19.7. The van der Waals surface area contributed by atoms with Gasteiger partial charge in [-0.1, -0.05) is 0 Å². The Balaban J connectivity index is 1.36. The minimum atomic E-state index is -2.56. The van der Waals surface area contributed by atoms with E-state index in [9.17, 15) is 0 Å². The number of fused-ring (bicyclic) bond motifs is 6. The van der Waals surface area contributed by atoms with E-state index < -0.39 is 21.4 Å². The first-order valence-corrected chi connectivity index (χ1v) is 21.8. The molecule has 2 unspecified atom stereocenters. The van der Waals surface area contributed by atoms with Crippen LogP contribution in [0.1, 0.15) is 86.1 Å². The van der Waals surface area contributed by atoms with Gasteiger partial charge in [-0.15, -0.1) is 0 Å².